The summed E-state index contributed by atoms with van der Waals surface area (Å²) >= 11 is 5.87. The zero-order valence-corrected chi connectivity index (χ0v) is 12.3. The Morgan fingerprint density at radius 3 is 2.40 bits per heavy atom. The van der Waals surface area contributed by atoms with Crippen LogP contribution in [-0.2, 0) is 13.0 Å². The molecule has 106 valence electrons. The molecule has 0 amide bonds. The molecule has 5 nitrogen and oxygen atoms in total. The van der Waals surface area contributed by atoms with Crippen LogP contribution in [0.1, 0.15) is 23.9 Å². The average Bonchev–Trinajstić information content (AvgIpc) is 2.48. The largest absolute Gasteiger partial charge is 0.366 e. The molecule has 0 atom stereocenters. The highest BCUT2D eigenvalue weighted by molar-refractivity contribution is 6.30. The molecule has 1 aromatic carbocycles. The second-order valence-electron chi connectivity index (χ2n) is 4.44. The van der Waals surface area contributed by atoms with Crippen LogP contribution in [0.5, 0.6) is 0 Å². The van der Waals surface area contributed by atoms with Gasteiger partial charge in [0, 0.05) is 23.6 Å². The normalized spacial score (nSPS) is 10.4. The molecule has 0 saturated carbocycles. The van der Waals surface area contributed by atoms with Gasteiger partial charge in [0.1, 0.15) is 17.5 Å². The van der Waals surface area contributed by atoms with Crippen molar-refractivity contribution in [2.24, 2.45) is 5.84 Å². The Balaban J connectivity index is 2.18. The molecule has 0 spiro atoms. The summed E-state index contributed by atoms with van der Waals surface area (Å²) < 4.78 is 0. The lowest BCUT2D eigenvalue weighted by Gasteiger charge is -2.13. The molecule has 0 aliphatic carbocycles. The molecule has 0 aliphatic rings. The summed E-state index contributed by atoms with van der Waals surface area (Å²) in [6.45, 7) is 4.61. The number of nitrogens with two attached hydrogens (primary N) is 1. The first-order valence-electron chi connectivity index (χ1n) is 6.46. The highest BCUT2D eigenvalue weighted by Gasteiger charge is 2.09. The summed E-state index contributed by atoms with van der Waals surface area (Å²) in [4.78, 5) is 8.82. The molecule has 6 heteroatoms. The lowest BCUT2D eigenvalue weighted by atomic mass is 10.2. The van der Waals surface area contributed by atoms with Crippen molar-refractivity contribution in [2.75, 3.05) is 10.7 Å². The van der Waals surface area contributed by atoms with Crippen LogP contribution in [0.3, 0.4) is 0 Å². The first-order chi connectivity index (χ1) is 9.63. The molecule has 0 bridgehead atoms. The number of rotatable bonds is 5. The fourth-order valence-electron chi connectivity index (χ4n) is 1.82. The minimum atomic E-state index is 0.649. The monoisotopic (exact) mass is 291 g/mol. The van der Waals surface area contributed by atoms with Crippen molar-refractivity contribution in [1.29, 1.82) is 0 Å². The molecular formula is C14H18ClN5. The second kappa shape index (κ2) is 6.54. The minimum Gasteiger partial charge on any atom is -0.366 e. The maximum Gasteiger partial charge on any atom is 0.148 e. The molecular weight excluding hydrogens is 274 g/mol. The summed E-state index contributed by atoms with van der Waals surface area (Å²) in [5.41, 5.74) is 4.64. The maximum atomic E-state index is 5.87. The molecule has 20 heavy (non-hydrogen) atoms. The van der Waals surface area contributed by atoms with Crippen molar-refractivity contribution in [3.05, 3.63) is 46.2 Å². The molecule has 0 aliphatic heterocycles. The number of nitrogens with one attached hydrogen (secondary N) is 2. The highest BCUT2D eigenvalue weighted by atomic mass is 35.5. The summed E-state index contributed by atoms with van der Waals surface area (Å²) in [5, 5.41) is 4.04. The SMILES string of the molecule is CCc1nc(NN)c(C)c(NCc2ccc(Cl)cc2)n1. The van der Waals surface area contributed by atoms with Gasteiger partial charge in [-0.25, -0.2) is 15.8 Å². The standard InChI is InChI=1S/C14H18ClN5/c1-3-12-18-13(9(2)14(19-12)20-16)17-8-10-4-6-11(15)7-5-10/h4-7H,3,8,16H2,1-2H3,(H2,17,18,19,20). The smallest absolute Gasteiger partial charge is 0.148 e. The van der Waals surface area contributed by atoms with E-state index in [1.165, 1.54) is 0 Å². The van der Waals surface area contributed by atoms with Crippen LogP contribution in [0.2, 0.25) is 5.02 Å². The van der Waals surface area contributed by atoms with Gasteiger partial charge in [0.2, 0.25) is 0 Å². The van der Waals surface area contributed by atoms with Gasteiger partial charge < -0.3 is 10.7 Å². The van der Waals surface area contributed by atoms with E-state index in [1.54, 1.807) is 0 Å². The van der Waals surface area contributed by atoms with E-state index >= 15 is 0 Å². The first-order valence-corrected chi connectivity index (χ1v) is 6.84. The van der Waals surface area contributed by atoms with Crippen molar-refractivity contribution in [1.82, 2.24) is 9.97 Å². The van der Waals surface area contributed by atoms with E-state index in [1.807, 2.05) is 38.1 Å². The molecule has 0 fully saturated rings. The summed E-state index contributed by atoms with van der Waals surface area (Å²) in [7, 11) is 0. The van der Waals surface area contributed by atoms with Crippen molar-refractivity contribution < 1.29 is 0 Å². The summed E-state index contributed by atoms with van der Waals surface area (Å²) in [6.07, 6.45) is 0.755. The Bertz CT molecular complexity index is 583. The van der Waals surface area contributed by atoms with Crippen LogP contribution < -0.4 is 16.6 Å². The van der Waals surface area contributed by atoms with E-state index in [4.69, 9.17) is 17.4 Å². The van der Waals surface area contributed by atoms with Gasteiger partial charge >= 0.3 is 0 Å². The van der Waals surface area contributed by atoms with Crippen LogP contribution in [-0.4, -0.2) is 9.97 Å². The minimum absolute atomic E-state index is 0.649. The quantitative estimate of drug-likeness (QED) is 0.583. The number of aromatic nitrogens is 2. The second-order valence-corrected chi connectivity index (χ2v) is 4.88. The predicted molar refractivity (Wildman–Crippen MR) is 82.7 cm³/mol. The topological polar surface area (TPSA) is 75.9 Å². The molecule has 4 N–H and O–H groups in total. The van der Waals surface area contributed by atoms with E-state index in [0.29, 0.717) is 12.4 Å². The zero-order valence-electron chi connectivity index (χ0n) is 11.6. The third-order valence-electron chi connectivity index (χ3n) is 3.02. The van der Waals surface area contributed by atoms with Crippen LogP contribution in [0, 0.1) is 6.92 Å². The van der Waals surface area contributed by atoms with E-state index in [2.05, 4.69) is 20.7 Å². The number of benzene rings is 1. The highest BCUT2D eigenvalue weighted by Crippen LogP contribution is 2.20. The average molecular weight is 292 g/mol. The Labute approximate surface area is 123 Å². The molecule has 0 saturated heterocycles. The maximum absolute atomic E-state index is 5.87. The van der Waals surface area contributed by atoms with Gasteiger partial charge in [-0.05, 0) is 24.6 Å². The lowest BCUT2D eigenvalue weighted by molar-refractivity contribution is 0.921. The number of hydrazine groups is 1. The predicted octanol–water partition coefficient (Wildman–Crippen LogP) is 2.90. The third-order valence-corrected chi connectivity index (χ3v) is 3.27. The number of aryl methyl sites for hydroxylation is 1. The summed E-state index contributed by atoms with van der Waals surface area (Å²) in [6, 6.07) is 7.70. The van der Waals surface area contributed by atoms with Crippen LogP contribution in [0.15, 0.2) is 24.3 Å². The molecule has 2 rings (SSSR count). The van der Waals surface area contributed by atoms with Crippen molar-refractivity contribution in [3.8, 4) is 0 Å². The Morgan fingerprint density at radius 1 is 1.15 bits per heavy atom. The summed E-state index contributed by atoms with van der Waals surface area (Å²) in [5.74, 6) is 7.68. The van der Waals surface area contributed by atoms with Gasteiger partial charge in [0.05, 0.1) is 0 Å². The number of nitrogens with zero attached hydrogens (tertiary/aromatic N) is 2. The molecule has 1 heterocycles. The molecule has 0 unspecified atom stereocenters. The van der Waals surface area contributed by atoms with Gasteiger partial charge in [-0.3, -0.25) is 0 Å². The van der Waals surface area contributed by atoms with Gasteiger partial charge in [-0.15, -0.1) is 0 Å². The third kappa shape index (κ3) is 3.37. The van der Waals surface area contributed by atoms with E-state index in [0.717, 1.165) is 34.2 Å². The van der Waals surface area contributed by atoms with Crippen molar-refractivity contribution in [2.45, 2.75) is 26.8 Å². The van der Waals surface area contributed by atoms with Gasteiger partial charge in [0.15, 0.2) is 0 Å². The fourth-order valence-corrected chi connectivity index (χ4v) is 1.95. The fraction of sp³-hybridized carbons (Fsp3) is 0.286. The van der Waals surface area contributed by atoms with Crippen LogP contribution >= 0.6 is 11.6 Å². The Kier molecular flexibility index (Phi) is 4.76. The van der Waals surface area contributed by atoms with Gasteiger partial charge in [0.25, 0.3) is 0 Å². The van der Waals surface area contributed by atoms with E-state index in [-0.39, 0.29) is 0 Å². The number of hydrogen-bond donors (Lipinski definition) is 3. The lowest BCUT2D eigenvalue weighted by Crippen LogP contribution is -2.14. The number of hydrogen-bond acceptors (Lipinski definition) is 5. The van der Waals surface area contributed by atoms with Crippen molar-refractivity contribution >= 4 is 23.2 Å². The molecule has 0 radical (unpaired) electrons. The molecule has 1 aromatic heterocycles. The Morgan fingerprint density at radius 2 is 1.80 bits per heavy atom. The van der Waals surface area contributed by atoms with Crippen LogP contribution in [0.4, 0.5) is 11.6 Å². The van der Waals surface area contributed by atoms with Crippen LogP contribution in [0.25, 0.3) is 0 Å². The first kappa shape index (κ1) is 14.6. The zero-order chi connectivity index (χ0) is 14.5. The number of nitrogen functional groups attached to an aromatic ring is 1. The van der Waals surface area contributed by atoms with Crippen molar-refractivity contribution in [3.63, 3.8) is 0 Å². The molecule has 2 aromatic rings. The number of halogens is 1. The number of anilines is 2. The van der Waals surface area contributed by atoms with E-state index in [9.17, 15) is 0 Å². The van der Waals surface area contributed by atoms with Gasteiger partial charge in [-0.1, -0.05) is 30.7 Å². The van der Waals surface area contributed by atoms with E-state index < -0.39 is 0 Å². The van der Waals surface area contributed by atoms with Gasteiger partial charge in [-0.2, -0.15) is 0 Å². The Hall–Kier alpha value is -1.85.